The Labute approximate surface area is 148 Å². The van der Waals surface area contributed by atoms with Gasteiger partial charge in [0.15, 0.2) is 0 Å². The Bertz CT molecular complexity index is 692. The highest BCUT2D eigenvalue weighted by Crippen LogP contribution is 2.23. The lowest BCUT2D eigenvalue weighted by atomic mass is 10.3. The second-order valence-corrected chi connectivity index (χ2v) is 6.79. The number of nitrogens with zero attached hydrogens (tertiary/aromatic N) is 7. The van der Waals surface area contributed by atoms with Gasteiger partial charge in [-0.1, -0.05) is 0 Å². The Morgan fingerprint density at radius 3 is 2.20 bits per heavy atom. The standard InChI is InChI=1S/C18H25N7/c1-15-21-17(24-6-2-3-7-24)12-18(22-15)25-10-8-23(9-11-25)14-16-13-19-4-5-20-16/h4-5,12-13H,2-3,6-11,14H2,1H3. The van der Waals surface area contributed by atoms with Crippen molar-refractivity contribution in [1.82, 2.24) is 24.8 Å². The molecule has 0 saturated carbocycles. The first-order valence-electron chi connectivity index (χ1n) is 9.11. The summed E-state index contributed by atoms with van der Waals surface area (Å²) >= 11 is 0. The van der Waals surface area contributed by atoms with Crippen LogP contribution >= 0.6 is 0 Å². The van der Waals surface area contributed by atoms with Gasteiger partial charge in [-0.2, -0.15) is 0 Å². The first-order valence-corrected chi connectivity index (χ1v) is 9.11. The van der Waals surface area contributed by atoms with Crippen molar-refractivity contribution < 1.29 is 0 Å². The normalized spacial score (nSPS) is 18.8. The van der Waals surface area contributed by atoms with Crippen molar-refractivity contribution in [2.75, 3.05) is 49.1 Å². The van der Waals surface area contributed by atoms with Crippen molar-refractivity contribution in [3.63, 3.8) is 0 Å². The summed E-state index contributed by atoms with van der Waals surface area (Å²) in [6.07, 6.45) is 7.85. The molecule has 132 valence electrons. The van der Waals surface area contributed by atoms with E-state index in [1.807, 2.05) is 13.1 Å². The highest BCUT2D eigenvalue weighted by Gasteiger charge is 2.21. The van der Waals surface area contributed by atoms with Crippen molar-refractivity contribution in [3.05, 3.63) is 36.2 Å². The zero-order valence-electron chi connectivity index (χ0n) is 14.8. The van der Waals surface area contributed by atoms with Gasteiger partial charge < -0.3 is 9.80 Å². The molecule has 4 heterocycles. The van der Waals surface area contributed by atoms with Crippen LogP contribution in [0.15, 0.2) is 24.7 Å². The molecule has 0 amide bonds. The van der Waals surface area contributed by atoms with Crippen molar-refractivity contribution in [2.24, 2.45) is 0 Å². The molecular formula is C18H25N7. The maximum atomic E-state index is 4.69. The Balaban J connectivity index is 1.40. The number of hydrogen-bond donors (Lipinski definition) is 0. The third-order valence-electron chi connectivity index (χ3n) is 4.94. The van der Waals surface area contributed by atoms with Gasteiger partial charge in [-0.25, -0.2) is 9.97 Å². The molecule has 0 aliphatic carbocycles. The van der Waals surface area contributed by atoms with Crippen LogP contribution in [0.4, 0.5) is 11.6 Å². The van der Waals surface area contributed by atoms with E-state index in [-0.39, 0.29) is 0 Å². The van der Waals surface area contributed by atoms with Crippen LogP contribution in [0.2, 0.25) is 0 Å². The lowest BCUT2D eigenvalue weighted by Gasteiger charge is -2.35. The molecule has 2 aliphatic rings. The molecule has 2 aromatic heterocycles. The smallest absolute Gasteiger partial charge is 0.134 e. The van der Waals surface area contributed by atoms with Crippen LogP contribution in [0.5, 0.6) is 0 Å². The molecule has 4 rings (SSSR count). The minimum absolute atomic E-state index is 0.862. The van der Waals surface area contributed by atoms with E-state index in [2.05, 4.69) is 40.7 Å². The molecular weight excluding hydrogens is 314 g/mol. The van der Waals surface area contributed by atoms with E-state index in [4.69, 9.17) is 0 Å². The molecule has 0 atom stereocenters. The van der Waals surface area contributed by atoms with E-state index in [0.29, 0.717) is 0 Å². The zero-order valence-corrected chi connectivity index (χ0v) is 14.8. The average Bonchev–Trinajstić information content (AvgIpc) is 3.17. The van der Waals surface area contributed by atoms with Crippen LogP contribution in [-0.4, -0.2) is 64.1 Å². The minimum atomic E-state index is 0.862. The second kappa shape index (κ2) is 7.31. The third kappa shape index (κ3) is 3.87. The lowest BCUT2D eigenvalue weighted by molar-refractivity contribution is 0.246. The van der Waals surface area contributed by atoms with Crippen LogP contribution in [0.25, 0.3) is 0 Å². The number of hydrogen-bond acceptors (Lipinski definition) is 7. The molecule has 0 bridgehead atoms. The maximum absolute atomic E-state index is 4.69. The van der Waals surface area contributed by atoms with Gasteiger partial charge in [0.05, 0.1) is 5.69 Å². The van der Waals surface area contributed by atoms with Gasteiger partial charge in [0, 0.05) is 70.5 Å². The molecule has 0 radical (unpaired) electrons. The summed E-state index contributed by atoms with van der Waals surface area (Å²) in [6.45, 7) is 9.07. The number of rotatable bonds is 4. The first kappa shape index (κ1) is 16.2. The number of anilines is 2. The van der Waals surface area contributed by atoms with E-state index in [1.165, 1.54) is 12.8 Å². The molecule has 0 unspecified atom stereocenters. The summed E-state index contributed by atoms with van der Waals surface area (Å²) in [7, 11) is 0. The summed E-state index contributed by atoms with van der Waals surface area (Å²) in [5, 5.41) is 0. The van der Waals surface area contributed by atoms with E-state index in [9.17, 15) is 0 Å². The third-order valence-corrected chi connectivity index (χ3v) is 4.94. The molecule has 0 spiro atoms. The van der Waals surface area contributed by atoms with Crippen LogP contribution < -0.4 is 9.80 Å². The first-order chi connectivity index (χ1) is 12.3. The van der Waals surface area contributed by atoms with Gasteiger partial charge in [0.25, 0.3) is 0 Å². The predicted octanol–water partition coefficient (Wildman–Crippen LogP) is 1.50. The van der Waals surface area contributed by atoms with Gasteiger partial charge in [0.1, 0.15) is 17.5 Å². The van der Waals surface area contributed by atoms with Crippen molar-refractivity contribution in [3.8, 4) is 0 Å². The molecule has 0 aromatic carbocycles. The molecule has 7 nitrogen and oxygen atoms in total. The molecule has 2 fully saturated rings. The van der Waals surface area contributed by atoms with Crippen molar-refractivity contribution in [2.45, 2.75) is 26.3 Å². The molecule has 25 heavy (non-hydrogen) atoms. The summed E-state index contributed by atoms with van der Waals surface area (Å²) in [5.41, 5.74) is 1.03. The van der Waals surface area contributed by atoms with Crippen molar-refractivity contribution >= 4 is 11.6 Å². The maximum Gasteiger partial charge on any atom is 0.134 e. The summed E-state index contributed by atoms with van der Waals surface area (Å²) in [5.74, 6) is 3.01. The Morgan fingerprint density at radius 1 is 0.880 bits per heavy atom. The number of aromatic nitrogens is 4. The van der Waals surface area contributed by atoms with Crippen molar-refractivity contribution in [1.29, 1.82) is 0 Å². The van der Waals surface area contributed by atoms with Gasteiger partial charge in [-0.05, 0) is 19.8 Å². The minimum Gasteiger partial charge on any atom is -0.356 e. The molecule has 7 heteroatoms. The van der Waals surface area contributed by atoms with Gasteiger partial charge in [0.2, 0.25) is 0 Å². The fraction of sp³-hybridized carbons (Fsp3) is 0.556. The van der Waals surface area contributed by atoms with Gasteiger partial charge >= 0.3 is 0 Å². The highest BCUT2D eigenvalue weighted by atomic mass is 15.3. The fourth-order valence-electron chi connectivity index (χ4n) is 3.58. The largest absolute Gasteiger partial charge is 0.356 e. The van der Waals surface area contributed by atoms with Gasteiger partial charge in [-0.3, -0.25) is 14.9 Å². The van der Waals surface area contributed by atoms with E-state index < -0.39 is 0 Å². The van der Waals surface area contributed by atoms with E-state index >= 15 is 0 Å². The topological polar surface area (TPSA) is 61.3 Å². The SMILES string of the molecule is Cc1nc(N2CCCC2)cc(N2CCN(Cc3cnccn3)CC2)n1. The van der Waals surface area contributed by atoms with Crippen LogP contribution in [0, 0.1) is 6.92 Å². The fourth-order valence-corrected chi connectivity index (χ4v) is 3.58. The molecule has 2 aromatic rings. The molecule has 0 N–H and O–H groups in total. The Hall–Kier alpha value is -2.28. The van der Waals surface area contributed by atoms with E-state index in [0.717, 1.165) is 69.0 Å². The number of aryl methyl sites for hydroxylation is 1. The summed E-state index contributed by atoms with van der Waals surface area (Å²) < 4.78 is 0. The van der Waals surface area contributed by atoms with E-state index in [1.54, 1.807) is 12.4 Å². The molecule has 2 saturated heterocycles. The lowest BCUT2D eigenvalue weighted by Crippen LogP contribution is -2.46. The summed E-state index contributed by atoms with van der Waals surface area (Å²) in [4.78, 5) is 25.0. The Morgan fingerprint density at radius 2 is 1.56 bits per heavy atom. The average molecular weight is 339 g/mol. The molecule has 2 aliphatic heterocycles. The van der Waals surface area contributed by atoms with Gasteiger partial charge in [-0.15, -0.1) is 0 Å². The quantitative estimate of drug-likeness (QED) is 0.836. The predicted molar refractivity (Wildman–Crippen MR) is 97.7 cm³/mol. The zero-order chi connectivity index (χ0) is 17.1. The highest BCUT2D eigenvalue weighted by molar-refractivity contribution is 5.51. The van der Waals surface area contributed by atoms with Crippen LogP contribution in [-0.2, 0) is 6.54 Å². The van der Waals surface area contributed by atoms with Crippen LogP contribution in [0.3, 0.4) is 0 Å². The number of piperazine rings is 1. The van der Waals surface area contributed by atoms with Crippen LogP contribution in [0.1, 0.15) is 24.4 Å². The second-order valence-electron chi connectivity index (χ2n) is 6.79. The monoisotopic (exact) mass is 339 g/mol. The Kier molecular flexibility index (Phi) is 4.74. The summed E-state index contributed by atoms with van der Waals surface area (Å²) in [6, 6.07) is 2.16.